The van der Waals surface area contributed by atoms with Crippen LogP contribution in [0.25, 0.3) is 33.5 Å². The van der Waals surface area contributed by atoms with Gasteiger partial charge in [0.05, 0.1) is 21.4 Å². The zero-order chi connectivity index (χ0) is 35.5. The average molecular weight is 714 g/mol. The minimum absolute atomic E-state index is 0.0586. The Bertz CT molecular complexity index is 1760. The summed E-state index contributed by atoms with van der Waals surface area (Å²) in [5.74, 6) is 0. The van der Waals surface area contributed by atoms with E-state index >= 15 is 0 Å². The molecule has 9 heteroatoms. The summed E-state index contributed by atoms with van der Waals surface area (Å²) >= 11 is 14.4. The average Bonchev–Trinajstić information content (AvgIpc) is 3.14. The first-order chi connectivity index (χ1) is 24.4. The van der Waals surface area contributed by atoms with Crippen LogP contribution in [-0.2, 0) is 24.2 Å². The molecule has 5 N–H and O–H groups in total. The predicted molar refractivity (Wildman–Crippen MR) is 209 cm³/mol. The summed E-state index contributed by atoms with van der Waals surface area (Å²) < 4.78 is 0. The molecular weight excluding hydrogens is 663 g/mol. The Morgan fingerprint density at radius 1 is 1.00 bits per heavy atom. The molecule has 0 bridgehead atoms. The summed E-state index contributed by atoms with van der Waals surface area (Å²) in [6.07, 6.45) is 12.0. The number of aromatic nitrogens is 2. The van der Waals surface area contributed by atoms with E-state index in [0.29, 0.717) is 42.0 Å². The number of nitrogens with two attached hydrogens (primary N) is 1. The van der Waals surface area contributed by atoms with E-state index in [1.807, 2.05) is 55.7 Å². The lowest BCUT2D eigenvalue weighted by atomic mass is 9.89. The lowest BCUT2D eigenvalue weighted by molar-refractivity contribution is -0.108. The monoisotopic (exact) mass is 712 g/mol. The minimum Gasteiger partial charge on any atom is -0.327 e. The molecule has 0 spiro atoms. The quantitative estimate of drug-likeness (QED) is 0.0608. The number of benzene rings is 2. The van der Waals surface area contributed by atoms with E-state index in [-0.39, 0.29) is 12.1 Å². The van der Waals surface area contributed by atoms with Crippen LogP contribution >= 0.6 is 23.2 Å². The molecule has 0 aliphatic heterocycles. The summed E-state index contributed by atoms with van der Waals surface area (Å²) in [6.45, 7) is 8.15. The Morgan fingerprint density at radius 2 is 1.74 bits per heavy atom. The van der Waals surface area contributed by atoms with Crippen LogP contribution in [0.4, 0.5) is 0 Å². The third-order valence-electron chi connectivity index (χ3n) is 9.66. The van der Waals surface area contributed by atoms with E-state index in [1.54, 1.807) is 0 Å². The molecule has 50 heavy (non-hydrogen) atoms. The second-order valence-corrected chi connectivity index (χ2v) is 13.9. The van der Waals surface area contributed by atoms with E-state index in [0.717, 1.165) is 102 Å². The van der Waals surface area contributed by atoms with Crippen LogP contribution in [0, 0.1) is 0 Å². The Morgan fingerprint density at radius 3 is 2.46 bits per heavy atom. The summed E-state index contributed by atoms with van der Waals surface area (Å²) in [7, 11) is 2.02. The molecule has 0 radical (unpaired) electrons. The van der Waals surface area contributed by atoms with Crippen molar-refractivity contribution in [3.05, 3.63) is 106 Å². The first kappa shape index (κ1) is 37.8. The lowest BCUT2D eigenvalue weighted by Gasteiger charge is -2.28. The number of aryl methyl sites for hydroxylation is 2. The molecule has 264 valence electrons. The highest BCUT2D eigenvalue weighted by molar-refractivity contribution is 6.39. The number of carbonyl (C=O) groups is 1. The maximum absolute atomic E-state index is 10.7. The Kier molecular flexibility index (Phi) is 14.1. The van der Waals surface area contributed by atoms with Crippen LogP contribution in [0.3, 0.4) is 0 Å². The molecule has 3 atom stereocenters. The molecule has 5 rings (SSSR count). The largest absolute Gasteiger partial charge is 0.327 e. The number of hydrogen-bond acceptors (Lipinski definition) is 7. The van der Waals surface area contributed by atoms with Gasteiger partial charge in [-0.3, -0.25) is 9.97 Å². The predicted octanol–water partition coefficient (Wildman–Crippen LogP) is 8.26. The first-order valence-corrected chi connectivity index (χ1v) is 18.6. The van der Waals surface area contributed by atoms with E-state index in [2.05, 4.69) is 47.7 Å². The van der Waals surface area contributed by atoms with E-state index in [4.69, 9.17) is 38.9 Å². The van der Waals surface area contributed by atoms with Crippen molar-refractivity contribution in [3.63, 3.8) is 0 Å². The molecule has 3 unspecified atom stereocenters. The standard InChI is InChI=1S/C41H50Cl2N6O/c1-4-6-13-31(45-3)26-47-38-18-7-11-27-22-29(24-48-41(27)38)32-14-8-15-33(39(32)42)34-16-9-17-35(40(34)43)37-20-19-28(36(5-2)49-37)23-46-25-30(44)12-10-21-50/h4,8-9,14-17,19-22,24,30-31,38,45-47H,1,5-7,10-13,18,23,25-26,44H2,2-3H3. The number of fused-ring (bicyclic) bond motifs is 1. The SMILES string of the molecule is C=CCCC(CNC1CCCc2cc(-c3cccc(-c4cccc(-c5ccc(CNCC(N)CCC=O)c(CC)n5)c4Cl)c3Cl)cnc21)NC. The minimum atomic E-state index is -0.0586. The molecule has 7 nitrogen and oxygen atoms in total. The smallest absolute Gasteiger partial charge is 0.120 e. The van der Waals surface area contributed by atoms with Crippen LogP contribution in [0.5, 0.6) is 0 Å². The highest BCUT2D eigenvalue weighted by atomic mass is 35.5. The number of aldehydes is 1. The summed E-state index contributed by atoms with van der Waals surface area (Å²) in [4.78, 5) is 20.7. The van der Waals surface area contributed by atoms with E-state index in [9.17, 15) is 4.79 Å². The summed E-state index contributed by atoms with van der Waals surface area (Å²) in [6, 6.07) is 19.1. The zero-order valence-electron chi connectivity index (χ0n) is 29.3. The van der Waals surface area contributed by atoms with Gasteiger partial charge in [0.1, 0.15) is 6.29 Å². The number of carbonyl (C=O) groups excluding carboxylic acids is 1. The first-order valence-electron chi connectivity index (χ1n) is 17.9. The fourth-order valence-corrected chi connectivity index (χ4v) is 7.45. The van der Waals surface area contributed by atoms with Crippen LogP contribution < -0.4 is 21.7 Å². The fourth-order valence-electron chi connectivity index (χ4n) is 6.79. The number of likely N-dealkylation sites (N-methyl/N-ethyl adjacent to an activating group) is 1. The van der Waals surface area contributed by atoms with Gasteiger partial charge in [-0.1, -0.05) is 78.7 Å². The van der Waals surface area contributed by atoms with Crippen molar-refractivity contribution in [3.8, 4) is 33.5 Å². The third-order valence-corrected chi connectivity index (χ3v) is 10.5. The number of nitrogens with one attached hydrogen (secondary N) is 3. The number of nitrogens with zero attached hydrogens (tertiary/aromatic N) is 2. The van der Waals surface area contributed by atoms with Gasteiger partial charge in [-0.15, -0.1) is 6.58 Å². The van der Waals surface area contributed by atoms with Crippen molar-refractivity contribution in [2.24, 2.45) is 5.73 Å². The van der Waals surface area contributed by atoms with Gasteiger partial charge in [-0.2, -0.15) is 0 Å². The van der Waals surface area contributed by atoms with Crippen LogP contribution in [0.2, 0.25) is 10.0 Å². The van der Waals surface area contributed by atoms with Crippen molar-refractivity contribution >= 4 is 29.5 Å². The molecule has 2 heterocycles. The number of pyridine rings is 2. The van der Waals surface area contributed by atoms with Gasteiger partial charge >= 0.3 is 0 Å². The second-order valence-electron chi connectivity index (χ2n) is 13.1. The van der Waals surface area contributed by atoms with Crippen molar-refractivity contribution in [2.75, 3.05) is 20.1 Å². The topological polar surface area (TPSA) is 105 Å². The Labute approximate surface area is 307 Å². The maximum atomic E-state index is 10.7. The number of allylic oxidation sites excluding steroid dienone is 1. The van der Waals surface area contributed by atoms with E-state index in [1.165, 1.54) is 5.56 Å². The van der Waals surface area contributed by atoms with Crippen LogP contribution in [0.15, 0.2) is 73.4 Å². The fraction of sp³-hybridized carbons (Fsp3) is 0.390. The van der Waals surface area contributed by atoms with Gasteiger partial charge in [-0.05, 0) is 75.3 Å². The van der Waals surface area contributed by atoms with Crippen LogP contribution in [-0.4, -0.2) is 48.5 Å². The number of rotatable bonds is 18. The molecule has 0 fully saturated rings. The number of hydrogen-bond donors (Lipinski definition) is 4. The Hall–Kier alpha value is -3.43. The molecule has 1 aliphatic carbocycles. The molecule has 0 amide bonds. The van der Waals surface area contributed by atoms with Gasteiger partial charge in [0.25, 0.3) is 0 Å². The summed E-state index contributed by atoms with van der Waals surface area (Å²) in [5, 5.41) is 11.9. The normalized spacial score (nSPS) is 15.3. The zero-order valence-corrected chi connectivity index (χ0v) is 30.8. The van der Waals surface area contributed by atoms with E-state index < -0.39 is 0 Å². The molecular formula is C41H50Cl2N6O. The van der Waals surface area contributed by atoms with Crippen molar-refractivity contribution in [1.29, 1.82) is 0 Å². The van der Waals surface area contributed by atoms with Crippen molar-refractivity contribution in [2.45, 2.75) is 83.0 Å². The molecule has 0 saturated heterocycles. The molecule has 0 saturated carbocycles. The van der Waals surface area contributed by atoms with Gasteiger partial charge in [0.15, 0.2) is 0 Å². The molecule has 4 aromatic rings. The second kappa shape index (κ2) is 18.7. The van der Waals surface area contributed by atoms with Crippen molar-refractivity contribution in [1.82, 2.24) is 25.9 Å². The van der Waals surface area contributed by atoms with Crippen LogP contribution in [0.1, 0.15) is 74.0 Å². The highest BCUT2D eigenvalue weighted by Crippen LogP contribution is 2.43. The number of halogens is 2. The molecule has 1 aliphatic rings. The van der Waals surface area contributed by atoms with Gasteiger partial charge < -0.3 is 26.5 Å². The van der Waals surface area contributed by atoms with Gasteiger partial charge in [0.2, 0.25) is 0 Å². The van der Waals surface area contributed by atoms with Gasteiger partial charge in [0, 0.05) is 83.9 Å². The third kappa shape index (κ3) is 9.26. The molecule has 2 aromatic heterocycles. The summed E-state index contributed by atoms with van der Waals surface area (Å²) in [5.41, 5.74) is 16.0. The van der Waals surface area contributed by atoms with Gasteiger partial charge in [-0.25, -0.2) is 0 Å². The lowest BCUT2D eigenvalue weighted by Crippen LogP contribution is -2.39. The maximum Gasteiger partial charge on any atom is 0.120 e. The highest BCUT2D eigenvalue weighted by Gasteiger charge is 2.24. The Balaban J connectivity index is 1.36. The van der Waals surface area contributed by atoms with Crippen molar-refractivity contribution < 1.29 is 4.79 Å². The molecule has 2 aromatic carbocycles.